The largest absolute Gasteiger partial charge is 0.383 e. The first kappa shape index (κ1) is 21.0. The number of terminal acetylenes is 1. The molecule has 6 nitrogen and oxygen atoms in total. The molecule has 0 unspecified atom stereocenters. The molecule has 5 N–H and O–H groups in total. The number of hydrogen-bond donors (Lipinski definition) is 3. The molecule has 1 saturated heterocycles. The zero-order valence-corrected chi connectivity index (χ0v) is 18.4. The number of nitrogens with one attached hydrogen (secondary N) is 1. The Balaban J connectivity index is 1.76. The molecule has 1 fully saturated rings. The molecule has 0 aliphatic carbocycles. The zero-order chi connectivity index (χ0) is 23.1. The first-order valence-electron chi connectivity index (χ1n) is 11.0. The summed E-state index contributed by atoms with van der Waals surface area (Å²) in [7, 11) is 0. The summed E-state index contributed by atoms with van der Waals surface area (Å²) in [6.07, 6.45) is 8.99. The molecule has 0 spiro atoms. The highest BCUT2D eigenvalue weighted by atomic mass is 19.1. The number of pyridine rings is 1. The molecule has 33 heavy (non-hydrogen) atoms. The highest BCUT2D eigenvalue weighted by Crippen LogP contribution is 2.42. The van der Waals surface area contributed by atoms with Gasteiger partial charge in [0.2, 0.25) is 0 Å². The maximum atomic E-state index is 14.3. The Morgan fingerprint density at radius 2 is 1.97 bits per heavy atom. The number of aromatic amines is 1. The van der Waals surface area contributed by atoms with Crippen molar-refractivity contribution in [2.24, 2.45) is 5.73 Å². The Labute approximate surface area is 191 Å². The number of nitrogen functional groups attached to an aromatic ring is 1. The summed E-state index contributed by atoms with van der Waals surface area (Å²) in [5.41, 5.74) is 18.9. The van der Waals surface area contributed by atoms with Gasteiger partial charge in [-0.1, -0.05) is 12.0 Å². The third-order valence-corrected chi connectivity index (χ3v) is 6.18. The van der Waals surface area contributed by atoms with Crippen molar-refractivity contribution in [3.8, 4) is 34.9 Å². The number of imidazole rings is 1. The molecular formula is C26H25FN6. The Bertz CT molecular complexity index is 1370. The molecular weight excluding hydrogens is 415 g/mol. The molecule has 0 radical (unpaired) electrons. The monoisotopic (exact) mass is 440 g/mol. The molecule has 0 bridgehead atoms. The number of rotatable bonds is 3. The van der Waals surface area contributed by atoms with Crippen molar-refractivity contribution < 1.29 is 4.39 Å². The first-order chi connectivity index (χ1) is 15.9. The van der Waals surface area contributed by atoms with Crippen molar-refractivity contribution in [1.29, 1.82) is 0 Å². The van der Waals surface area contributed by atoms with E-state index in [0.717, 1.165) is 64.9 Å². The quantitative estimate of drug-likeness (QED) is 0.414. The van der Waals surface area contributed by atoms with E-state index in [4.69, 9.17) is 22.9 Å². The van der Waals surface area contributed by atoms with Gasteiger partial charge in [0.25, 0.3) is 0 Å². The Kier molecular flexibility index (Phi) is 5.23. The van der Waals surface area contributed by atoms with Crippen molar-refractivity contribution in [2.45, 2.75) is 25.8 Å². The lowest BCUT2D eigenvalue weighted by Crippen LogP contribution is -2.40. The SMILES string of the molecule is C#Cc1ccc2nc(-c3c(N)ncc(-c4cc(C)cc(F)c4)c3N3CCC(N)CC3)[nH]c2c1. The van der Waals surface area contributed by atoms with Crippen molar-refractivity contribution in [3.05, 3.63) is 59.5 Å². The summed E-state index contributed by atoms with van der Waals surface area (Å²) in [5, 5.41) is 0. The number of piperidine rings is 1. The van der Waals surface area contributed by atoms with Gasteiger partial charge in [-0.2, -0.15) is 0 Å². The van der Waals surface area contributed by atoms with Crippen molar-refractivity contribution in [2.75, 3.05) is 23.7 Å². The molecule has 4 aromatic rings. The molecule has 1 aliphatic rings. The number of hydrogen-bond acceptors (Lipinski definition) is 5. The van der Waals surface area contributed by atoms with Crippen LogP contribution in [0.25, 0.3) is 33.5 Å². The van der Waals surface area contributed by atoms with Gasteiger partial charge in [0.15, 0.2) is 0 Å². The van der Waals surface area contributed by atoms with E-state index in [1.165, 1.54) is 12.1 Å². The van der Waals surface area contributed by atoms with E-state index >= 15 is 0 Å². The Morgan fingerprint density at radius 3 is 2.70 bits per heavy atom. The van der Waals surface area contributed by atoms with Crippen LogP contribution in [0.1, 0.15) is 24.0 Å². The van der Waals surface area contributed by atoms with Gasteiger partial charge in [-0.3, -0.25) is 0 Å². The lowest BCUT2D eigenvalue weighted by molar-refractivity contribution is 0.501. The van der Waals surface area contributed by atoms with Crippen molar-refractivity contribution >= 4 is 22.5 Å². The minimum absolute atomic E-state index is 0.164. The smallest absolute Gasteiger partial charge is 0.144 e. The van der Waals surface area contributed by atoms with Gasteiger partial charge in [0.05, 0.1) is 22.3 Å². The van der Waals surface area contributed by atoms with Crippen LogP contribution in [0.4, 0.5) is 15.9 Å². The number of H-pyrrole nitrogens is 1. The van der Waals surface area contributed by atoms with Crippen molar-refractivity contribution in [3.63, 3.8) is 0 Å². The second-order valence-electron chi connectivity index (χ2n) is 8.58. The lowest BCUT2D eigenvalue weighted by Gasteiger charge is -2.34. The molecule has 0 amide bonds. The van der Waals surface area contributed by atoms with Crippen LogP contribution < -0.4 is 16.4 Å². The van der Waals surface area contributed by atoms with Crippen LogP contribution in [-0.4, -0.2) is 34.1 Å². The summed E-state index contributed by atoms with van der Waals surface area (Å²) < 4.78 is 14.3. The fourth-order valence-corrected chi connectivity index (χ4v) is 4.52. The van der Waals surface area contributed by atoms with E-state index in [2.05, 4.69) is 20.8 Å². The van der Waals surface area contributed by atoms with E-state index in [1.807, 2.05) is 31.2 Å². The van der Waals surface area contributed by atoms with Gasteiger partial charge < -0.3 is 21.4 Å². The normalized spacial score (nSPS) is 14.5. The molecule has 166 valence electrons. The summed E-state index contributed by atoms with van der Waals surface area (Å²) in [6.45, 7) is 3.40. The predicted molar refractivity (Wildman–Crippen MR) is 131 cm³/mol. The van der Waals surface area contributed by atoms with Crippen LogP contribution in [0.5, 0.6) is 0 Å². The van der Waals surface area contributed by atoms with Gasteiger partial charge in [-0.25, -0.2) is 14.4 Å². The van der Waals surface area contributed by atoms with Gasteiger partial charge in [0, 0.05) is 36.5 Å². The number of fused-ring (bicyclic) bond motifs is 1. The molecule has 0 atom stereocenters. The number of anilines is 2. The van der Waals surface area contributed by atoms with Gasteiger partial charge in [-0.15, -0.1) is 6.42 Å². The number of benzene rings is 2. The predicted octanol–water partition coefficient (Wildman–Crippen LogP) is 4.23. The van der Waals surface area contributed by atoms with E-state index in [-0.39, 0.29) is 11.9 Å². The van der Waals surface area contributed by atoms with Gasteiger partial charge in [-0.05, 0) is 61.2 Å². The van der Waals surface area contributed by atoms with E-state index in [1.54, 1.807) is 6.20 Å². The van der Waals surface area contributed by atoms with Gasteiger partial charge in [0.1, 0.15) is 17.5 Å². The van der Waals surface area contributed by atoms with E-state index in [9.17, 15) is 4.39 Å². The highest BCUT2D eigenvalue weighted by molar-refractivity contribution is 5.95. The van der Waals surface area contributed by atoms with E-state index in [0.29, 0.717) is 17.2 Å². The molecule has 2 aromatic carbocycles. The number of aromatic nitrogens is 3. The summed E-state index contributed by atoms with van der Waals surface area (Å²) in [4.78, 5) is 14.9. The van der Waals surface area contributed by atoms with Crippen molar-refractivity contribution in [1.82, 2.24) is 15.0 Å². The fraction of sp³-hybridized carbons (Fsp3) is 0.231. The highest BCUT2D eigenvalue weighted by Gasteiger charge is 2.26. The lowest BCUT2D eigenvalue weighted by atomic mass is 9.97. The van der Waals surface area contributed by atoms with Gasteiger partial charge >= 0.3 is 0 Å². The number of nitrogens with zero attached hydrogens (tertiary/aromatic N) is 3. The van der Waals surface area contributed by atoms with Crippen LogP contribution >= 0.6 is 0 Å². The topological polar surface area (TPSA) is 96.8 Å². The third kappa shape index (κ3) is 3.90. The molecule has 2 aromatic heterocycles. The Hall–Kier alpha value is -3.89. The molecule has 0 saturated carbocycles. The number of aryl methyl sites for hydroxylation is 1. The average Bonchev–Trinajstić information content (AvgIpc) is 3.21. The second-order valence-corrected chi connectivity index (χ2v) is 8.58. The standard InChI is InChI=1S/C26H25FN6/c1-3-16-4-5-21-22(12-16)32-26(31-21)23-24(33-8-6-19(28)7-9-33)20(14-30-25(23)29)17-10-15(2)11-18(27)13-17/h1,4-5,10-14,19H,6-9,28H2,2H3,(H2,29,30)(H,31,32). The third-order valence-electron chi connectivity index (χ3n) is 6.18. The van der Waals surface area contributed by atoms with Crippen LogP contribution in [0.2, 0.25) is 0 Å². The molecule has 7 heteroatoms. The first-order valence-corrected chi connectivity index (χ1v) is 11.0. The zero-order valence-electron chi connectivity index (χ0n) is 18.4. The average molecular weight is 441 g/mol. The maximum absolute atomic E-state index is 14.3. The van der Waals surface area contributed by atoms with Crippen LogP contribution in [0, 0.1) is 25.1 Å². The molecule has 5 rings (SSSR count). The summed E-state index contributed by atoms with van der Waals surface area (Å²) in [6, 6.07) is 10.8. The maximum Gasteiger partial charge on any atom is 0.144 e. The molecule has 3 heterocycles. The van der Waals surface area contributed by atoms with Crippen LogP contribution in [0.3, 0.4) is 0 Å². The minimum atomic E-state index is -0.291. The summed E-state index contributed by atoms with van der Waals surface area (Å²) >= 11 is 0. The van der Waals surface area contributed by atoms with E-state index < -0.39 is 0 Å². The number of halogens is 1. The number of nitrogens with two attached hydrogens (primary N) is 2. The van der Waals surface area contributed by atoms with Crippen LogP contribution in [0.15, 0.2) is 42.6 Å². The molecule has 1 aliphatic heterocycles. The summed E-state index contributed by atoms with van der Waals surface area (Å²) in [5.74, 6) is 3.31. The fourth-order valence-electron chi connectivity index (χ4n) is 4.52. The Morgan fingerprint density at radius 1 is 1.18 bits per heavy atom. The van der Waals surface area contributed by atoms with Crippen LogP contribution in [-0.2, 0) is 0 Å². The second kappa shape index (κ2) is 8.23. The minimum Gasteiger partial charge on any atom is -0.383 e.